The molecule has 0 fully saturated rings. The zero-order valence-electron chi connectivity index (χ0n) is 11.1. The van der Waals surface area contributed by atoms with Gasteiger partial charge in [-0.2, -0.15) is 0 Å². The largest absolute Gasteiger partial charge is 0.508 e. The lowest BCUT2D eigenvalue weighted by Gasteiger charge is -2.17. The van der Waals surface area contributed by atoms with Gasteiger partial charge in [-0.3, -0.25) is 10.1 Å². The summed E-state index contributed by atoms with van der Waals surface area (Å²) < 4.78 is 13.7. The van der Waals surface area contributed by atoms with Crippen molar-refractivity contribution in [3.63, 3.8) is 0 Å². The number of phenols is 2. The van der Waals surface area contributed by atoms with Crippen molar-refractivity contribution in [2.75, 3.05) is 5.32 Å². The molecule has 7 heteroatoms. The van der Waals surface area contributed by atoms with Crippen LogP contribution >= 0.6 is 0 Å². The van der Waals surface area contributed by atoms with Crippen LogP contribution in [0.5, 0.6) is 11.5 Å². The van der Waals surface area contributed by atoms with Gasteiger partial charge in [-0.1, -0.05) is 0 Å². The van der Waals surface area contributed by atoms with Gasteiger partial charge in [-0.15, -0.1) is 0 Å². The van der Waals surface area contributed by atoms with E-state index in [-0.39, 0.29) is 22.9 Å². The van der Waals surface area contributed by atoms with Crippen molar-refractivity contribution in [1.82, 2.24) is 0 Å². The summed E-state index contributed by atoms with van der Waals surface area (Å²) in [5.41, 5.74) is 0.0478. The molecule has 21 heavy (non-hydrogen) atoms. The highest BCUT2D eigenvalue weighted by atomic mass is 19.1. The number of nitrogens with zero attached hydrogens (tertiary/aromatic N) is 1. The Kier molecular flexibility index (Phi) is 3.93. The fraction of sp³-hybridized carbons (Fsp3) is 0.143. The van der Waals surface area contributed by atoms with Gasteiger partial charge in [0.1, 0.15) is 17.3 Å². The molecule has 0 saturated heterocycles. The van der Waals surface area contributed by atoms with Crippen LogP contribution in [-0.4, -0.2) is 15.1 Å². The van der Waals surface area contributed by atoms with Crippen LogP contribution in [-0.2, 0) is 0 Å². The molecule has 1 unspecified atom stereocenters. The molecule has 0 heterocycles. The van der Waals surface area contributed by atoms with Gasteiger partial charge < -0.3 is 15.5 Å². The fourth-order valence-corrected chi connectivity index (χ4v) is 1.94. The first kappa shape index (κ1) is 14.6. The number of aromatic hydroxyl groups is 2. The van der Waals surface area contributed by atoms with E-state index in [0.29, 0.717) is 5.56 Å². The summed E-state index contributed by atoms with van der Waals surface area (Å²) in [6, 6.07) is 6.54. The maximum atomic E-state index is 13.7. The number of hydrogen-bond acceptors (Lipinski definition) is 5. The molecule has 6 nitrogen and oxygen atoms in total. The van der Waals surface area contributed by atoms with Gasteiger partial charge in [0, 0.05) is 17.7 Å². The second-order valence-corrected chi connectivity index (χ2v) is 4.53. The topological polar surface area (TPSA) is 95.6 Å². The highest BCUT2D eigenvalue weighted by Crippen LogP contribution is 2.31. The minimum absolute atomic E-state index is 0.0454. The van der Waals surface area contributed by atoms with Crippen molar-refractivity contribution >= 4 is 11.4 Å². The van der Waals surface area contributed by atoms with Gasteiger partial charge >= 0.3 is 0 Å². The van der Waals surface area contributed by atoms with Crippen LogP contribution in [0.2, 0.25) is 0 Å². The summed E-state index contributed by atoms with van der Waals surface area (Å²) in [4.78, 5) is 10.1. The Balaban J connectivity index is 2.31. The minimum atomic E-state index is -0.646. The standard InChI is InChI=1S/C14H13FN2O4/c1-8(11-7-10(18)3-5-14(11)19)16-13-6-9(17(20)21)2-4-12(13)15/h2-8,16,18-19H,1H3. The molecule has 0 bridgehead atoms. The van der Waals surface area contributed by atoms with E-state index in [2.05, 4.69) is 5.32 Å². The number of nitrogens with one attached hydrogen (secondary N) is 1. The molecule has 0 aliphatic rings. The van der Waals surface area contributed by atoms with E-state index >= 15 is 0 Å². The van der Waals surface area contributed by atoms with Crippen LogP contribution in [0.15, 0.2) is 36.4 Å². The summed E-state index contributed by atoms with van der Waals surface area (Å²) >= 11 is 0. The zero-order valence-corrected chi connectivity index (χ0v) is 11.1. The third-order valence-corrected chi connectivity index (χ3v) is 3.01. The minimum Gasteiger partial charge on any atom is -0.508 e. The van der Waals surface area contributed by atoms with Crippen molar-refractivity contribution in [3.8, 4) is 11.5 Å². The molecule has 2 aromatic carbocycles. The molecule has 2 aromatic rings. The Morgan fingerprint density at radius 2 is 1.95 bits per heavy atom. The molecule has 0 saturated carbocycles. The molecule has 0 aliphatic heterocycles. The van der Waals surface area contributed by atoms with Crippen LogP contribution < -0.4 is 5.32 Å². The van der Waals surface area contributed by atoms with Gasteiger partial charge in [-0.25, -0.2) is 4.39 Å². The SMILES string of the molecule is CC(Nc1cc([N+](=O)[O-])ccc1F)c1cc(O)ccc1O. The molecule has 0 aliphatic carbocycles. The highest BCUT2D eigenvalue weighted by molar-refractivity contribution is 5.54. The molecular formula is C14H13FN2O4. The van der Waals surface area contributed by atoms with Crippen molar-refractivity contribution in [2.24, 2.45) is 0 Å². The molecular weight excluding hydrogens is 279 g/mol. The van der Waals surface area contributed by atoms with Gasteiger partial charge in [0.25, 0.3) is 5.69 Å². The number of non-ortho nitro benzene ring substituents is 1. The third kappa shape index (κ3) is 3.19. The summed E-state index contributed by atoms with van der Waals surface area (Å²) in [5.74, 6) is -0.762. The van der Waals surface area contributed by atoms with Gasteiger partial charge in [0.15, 0.2) is 0 Å². The van der Waals surface area contributed by atoms with Gasteiger partial charge in [-0.05, 0) is 31.2 Å². The maximum Gasteiger partial charge on any atom is 0.271 e. The predicted molar refractivity (Wildman–Crippen MR) is 74.9 cm³/mol. The van der Waals surface area contributed by atoms with Crippen LogP contribution in [0.3, 0.4) is 0 Å². The molecule has 0 amide bonds. The Bertz CT molecular complexity index is 691. The lowest BCUT2D eigenvalue weighted by atomic mass is 10.1. The lowest BCUT2D eigenvalue weighted by molar-refractivity contribution is -0.384. The van der Waals surface area contributed by atoms with E-state index in [1.165, 1.54) is 18.2 Å². The lowest BCUT2D eigenvalue weighted by Crippen LogP contribution is -2.08. The van der Waals surface area contributed by atoms with Crippen LogP contribution in [0, 0.1) is 15.9 Å². The second-order valence-electron chi connectivity index (χ2n) is 4.53. The third-order valence-electron chi connectivity index (χ3n) is 3.01. The number of hydrogen-bond donors (Lipinski definition) is 3. The van der Waals surface area contributed by atoms with Crippen molar-refractivity contribution in [2.45, 2.75) is 13.0 Å². The monoisotopic (exact) mass is 292 g/mol. The Morgan fingerprint density at radius 1 is 1.24 bits per heavy atom. The van der Waals surface area contributed by atoms with Crippen molar-refractivity contribution < 1.29 is 19.5 Å². The number of phenolic OH excluding ortho intramolecular Hbond substituents is 2. The van der Waals surface area contributed by atoms with E-state index in [1.807, 2.05) is 0 Å². The van der Waals surface area contributed by atoms with E-state index in [4.69, 9.17) is 0 Å². The normalized spacial score (nSPS) is 11.9. The van der Waals surface area contributed by atoms with Gasteiger partial charge in [0.2, 0.25) is 0 Å². The number of anilines is 1. The fourth-order valence-electron chi connectivity index (χ4n) is 1.94. The van der Waals surface area contributed by atoms with E-state index in [9.17, 15) is 24.7 Å². The van der Waals surface area contributed by atoms with Crippen molar-refractivity contribution in [3.05, 3.63) is 57.9 Å². The number of benzene rings is 2. The summed E-state index contributed by atoms with van der Waals surface area (Å²) in [7, 11) is 0. The number of nitro benzene ring substituents is 1. The smallest absolute Gasteiger partial charge is 0.271 e. The molecule has 110 valence electrons. The summed E-state index contributed by atoms with van der Waals surface area (Å²) in [5, 5.41) is 32.6. The number of halogens is 1. The van der Waals surface area contributed by atoms with Gasteiger partial charge in [0.05, 0.1) is 16.7 Å². The molecule has 0 aromatic heterocycles. The molecule has 2 rings (SSSR count). The first-order valence-electron chi connectivity index (χ1n) is 6.11. The van der Waals surface area contributed by atoms with E-state index < -0.39 is 16.8 Å². The summed E-state index contributed by atoms with van der Waals surface area (Å²) in [6.07, 6.45) is 0. The number of nitro groups is 1. The van der Waals surface area contributed by atoms with Crippen LogP contribution in [0.25, 0.3) is 0 Å². The molecule has 3 N–H and O–H groups in total. The van der Waals surface area contributed by atoms with Crippen LogP contribution in [0.1, 0.15) is 18.5 Å². The van der Waals surface area contributed by atoms with E-state index in [1.54, 1.807) is 6.92 Å². The number of rotatable bonds is 4. The molecule has 0 radical (unpaired) electrons. The van der Waals surface area contributed by atoms with Crippen molar-refractivity contribution in [1.29, 1.82) is 0 Å². The maximum absolute atomic E-state index is 13.7. The second kappa shape index (κ2) is 5.66. The molecule has 1 atom stereocenters. The molecule has 0 spiro atoms. The summed E-state index contributed by atoms with van der Waals surface area (Å²) in [6.45, 7) is 1.63. The first-order valence-corrected chi connectivity index (χ1v) is 6.11. The average Bonchev–Trinajstić information content (AvgIpc) is 2.43. The Morgan fingerprint density at radius 3 is 2.62 bits per heavy atom. The first-order chi connectivity index (χ1) is 9.88. The zero-order chi connectivity index (χ0) is 15.6. The van der Waals surface area contributed by atoms with Crippen LogP contribution in [0.4, 0.5) is 15.8 Å². The Labute approximate surface area is 119 Å². The quantitative estimate of drug-likeness (QED) is 0.456. The average molecular weight is 292 g/mol. The Hall–Kier alpha value is -2.83. The highest BCUT2D eigenvalue weighted by Gasteiger charge is 2.16. The van der Waals surface area contributed by atoms with E-state index in [0.717, 1.165) is 18.2 Å². The predicted octanol–water partition coefficient (Wildman–Crippen LogP) is 3.32.